The molecule has 0 radical (unpaired) electrons. The minimum Gasteiger partial charge on any atom is -0.340 e. The van der Waals surface area contributed by atoms with Gasteiger partial charge in [-0.2, -0.15) is 0 Å². The molecule has 3 rings (SSSR count). The van der Waals surface area contributed by atoms with Crippen molar-refractivity contribution in [2.75, 3.05) is 6.54 Å². The number of thiazole rings is 1. The predicted molar refractivity (Wildman–Crippen MR) is 96.0 cm³/mol. The highest BCUT2D eigenvalue weighted by Crippen LogP contribution is 2.23. The summed E-state index contributed by atoms with van der Waals surface area (Å²) in [5, 5.41) is 5.70. The molecule has 0 bridgehead atoms. The van der Waals surface area contributed by atoms with E-state index in [0.29, 0.717) is 18.7 Å². The summed E-state index contributed by atoms with van der Waals surface area (Å²) < 4.78 is 0. The number of nitrogens with zero attached hydrogens (tertiary/aromatic N) is 2. The second-order valence-corrected chi connectivity index (χ2v) is 6.94. The highest BCUT2D eigenvalue weighted by Gasteiger charge is 2.23. The zero-order valence-corrected chi connectivity index (χ0v) is 14.6. The van der Waals surface area contributed by atoms with Gasteiger partial charge >= 0.3 is 0 Å². The molecule has 0 spiro atoms. The van der Waals surface area contributed by atoms with E-state index >= 15 is 0 Å². The molecule has 0 aliphatic carbocycles. The van der Waals surface area contributed by atoms with Crippen molar-refractivity contribution in [3.05, 3.63) is 46.2 Å². The van der Waals surface area contributed by atoms with Crippen LogP contribution in [0.4, 0.5) is 0 Å². The number of para-hydroxylation sites is 2. The maximum absolute atomic E-state index is 12.5. The fourth-order valence-electron chi connectivity index (χ4n) is 2.54. The Kier molecular flexibility index (Phi) is 4.92. The molecule has 1 amide bonds. The molecule has 4 N–H and O–H groups in total. The summed E-state index contributed by atoms with van der Waals surface area (Å²) in [6.07, 6.45) is 0.690. The van der Waals surface area contributed by atoms with Crippen molar-refractivity contribution < 1.29 is 4.79 Å². The molecule has 0 fully saturated rings. The molecule has 0 aliphatic rings. The summed E-state index contributed by atoms with van der Waals surface area (Å²) >= 11 is 1.46. The van der Waals surface area contributed by atoms with Crippen molar-refractivity contribution >= 4 is 28.3 Å². The molecule has 2 heterocycles. The summed E-state index contributed by atoms with van der Waals surface area (Å²) in [7, 11) is 0. The Balaban J connectivity index is 1.81. The van der Waals surface area contributed by atoms with Gasteiger partial charge in [0.15, 0.2) is 0 Å². The van der Waals surface area contributed by atoms with E-state index in [9.17, 15) is 4.79 Å². The Bertz CT molecular complexity index is 805. The molecule has 1 aromatic carbocycles. The van der Waals surface area contributed by atoms with Gasteiger partial charge in [-0.15, -0.1) is 11.3 Å². The fourth-order valence-corrected chi connectivity index (χ4v) is 3.33. The third kappa shape index (κ3) is 3.47. The summed E-state index contributed by atoms with van der Waals surface area (Å²) in [6.45, 7) is 4.64. The first-order valence-corrected chi connectivity index (χ1v) is 8.86. The van der Waals surface area contributed by atoms with Crippen molar-refractivity contribution in [1.82, 2.24) is 20.3 Å². The maximum Gasteiger partial charge on any atom is 0.271 e. The van der Waals surface area contributed by atoms with E-state index in [1.165, 1.54) is 11.3 Å². The summed E-state index contributed by atoms with van der Waals surface area (Å²) in [4.78, 5) is 24.8. The lowest BCUT2D eigenvalue weighted by Gasteiger charge is -2.19. The third-order valence-corrected chi connectivity index (χ3v) is 4.71. The van der Waals surface area contributed by atoms with Crippen LogP contribution < -0.4 is 11.1 Å². The first-order valence-electron chi connectivity index (χ1n) is 7.98. The summed E-state index contributed by atoms with van der Waals surface area (Å²) in [5.74, 6) is 0.766. The number of benzene rings is 1. The highest BCUT2D eigenvalue weighted by atomic mass is 32.1. The smallest absolute Gasteiger partial charge is 0.271 e. The van der Waals surface area contributed by atoms with Crippen LogP contribution in [0.25, 0.3) is 11.0 Å². The molecule has 0 aliphatic heterocycles. The largest absolute Gasteiger partial charge is 0.340 e. The van der Waals surface area contributed by atoms with E-state index in [1.807, 2.05) is 24.3 Å². The summed E-state index contributed by atoms with van der Waals surface area (Å²) in [6, 6.07) is 7.63. The van der Waals surface area contributed by atoms with Gasteiger partial charge in [0.2, 0.25) is 0 Å². The minimum atomic E-state index is -0.204. The van der Waals surface area contributed by atoms with Crippen LogP contribution in [0.3, 0.4) is 0 Å². The van der Waals surface area contributed by atoms with Crippen LogP contribution in [0.1, 0.15) is 41.2 Å². The second-order valence-electron chi connectivity index (χ2n) is 6.00. The van der Waals surface area contributed by atoms with Crippen molar-refractivity contribution in [3.63, 3.8) is 0 Å². The van der Waals surface area contributed by atoms with E-state index in [1.54, 1.807) is 5.38 Å². The van der Waals surface area contributed by atoms with Gasteiger partial charge < -0.3 is 16.0 Å². The molecule has 24 heavy (non-hydrogen) atoms. The minimum absolute atomic E-state index is 0.186. The van der Waals surface area contributed by atoms with Crippen LogP contribution >= 0.6 is 11.3 Å². The molecule has 0 saturated carbocycles. The lowest BCUT2D eigenvalue weighted by atomic mass is 10.0. The van der Waals surface area contributed by atoms with E-state index < -0.39 is 0 Å². The SMILES string of the molecule is CC(C)C(NC(=O)c1csc(CCN)n1)c1nc2ccccc2[nH]1. The molecule has 2 aromatic heterocycles. The maximum atomic E-state index is 12.5. The topological polar surface area (TPSA) is 96.7 Å². The van der Waals surface area contributed by atoms with Crippen LogP contribution in [-0.2, 0) is 6.42 Å². The number of H-pyrrole nitrogens is 1. The van der Waals surface area contributed by atoms with Crippen LogP contribution in [0.15, 0.2) is 29.6 Å². The van der Waals surface area contributed by atoms with E-state index in [0.717, 1.165) is 21.9 Å². The first kappa shape index (κ1) is 16.6. The van der Waals surface area contributed by atoms with Gasteiger partial charge in [0, 0.05) is 11.8 Å². The van der Waals surface area contributed by atoms with Gasteiger partial charge in [-0.25, -0.2) is 9.97 Å². The second kappa shape index (κ2) is 7.11. The Morgan fingerprint density at radius 1 is 1.33 bits per heavy atom. The number of fused-ring (bicyclic) bond motifs is 1. The number of nitrogens with one attached hydrogen (secondary N) is 2. The Morgan fingerprint density at radius 3 is 2.83 bits per heavy atom. The number of rotatable bonds is 6. The van der Waals surface area contributed by atoms with Gasteiger partial charge in [0.25, 0.3) is 5.91 Å². The van der Waals surface area contributed by atoms with Crippen molar-refractivity contribution in [2.24, 2.45) is 11.7 Å². The van der Waals surface area contributed by atoms with Crippen LogP contribution in [0.5, 0.6) is 0 Å². The third-order valence-electron chi connectivity index (χ3n) is 3.80. The van der Waals surface area contributed by atoms with Gasteiger partial charge in [-0.05, 0) is 24.6 Å². The molecule has 7 heteroatoms. The predicted octanol–water partition coefficient (Wildman–Crippen LogP) is 2.65. The average Bonchev–Trinajstić information content (AvgIpc) is 3.18. The lowest BCUT2D eigenvalue weighted by Crippen LogP contribution is -2.32. The molecular weight excluding hydrogens is 322 g/mol. The highest BCUT2D eigenvalue weighted by molar-refractivity contribution is 7.09. The van der Waals surface area contributed by atoms with Gasteiger partial charge in [-0.1, -0.05) is 26.0 Å². The Morgan fingerprint density at radius 2 is 2.12 bits per heavy atom. The van der Waals surface area contributed by atoms with Crippen molar-refractivity contribution in [2.45, 2.75) is 26.3 Å². The van der Waals surface area contributed by atoms with Crippen LogP contribution in [0, 0.1) is 5.92 Å². The molecule has 1 unspecified atom stereocenters. The number of amides is 1. The quantitative estimate of drug-likeness (QED) is 0.641. The van der Waals surface area contributed by atoms with E-state index in [-0.39, 0.29) is 17.9 Å². The van der Waals surface area contributed by atoms with Gasteiger partial charge in [0.05, 0.1) is 22.1 Å². The molecule has 6 nitrogen and oxygen atoms in total. The van der Waals surface area contributed by atoms with Crippen molar-refractivity contribution in [1.29, 1.82) is 0 Å². The monoisotopic (exact) mass is 343 g/mol. The van der Waals surface area contributed by atoms with Gasteiger partial charge in [-0.3, -0.25) is 4.79 Å². The van der Waals surface area contributed by atoms with E-state index in [2.05, 4.69) is 34.1 Å². The van der Waals surface area contributed by atoms with E-state index in [4.69, 9.17) is 5.73 Å². The number of carbonyl (C=O) groups excluding carboxylic acids is 1. The summed E-state index contributed by atoms with van der Waals surface area (Å²) in [5.41, 5.74) is 7.83. The normalized spacial score (nSPS) is 12.7. The molecule has 126 valence electrons. The zero-order chi connectivity index (χ0) is 17.1. The molecule has 3 aromatic rings. The number of hydrogen-bond acceptors (Lipinski definition) is 5. The van der Waals surface area contributed by atoms with Gasteiger partial charge in [0.1, 0.15) is 11.5 Å². The Hall–Kier alpha value is -2.25. The zero-order valence-electron chi connectivity index (χ0n) is 13.7. The first-order chi connectivity index (χ1) is 11.6. The van der Waals surface area contributed by atoms with Crippen LogP contribution in [-0.4, -0.2) is 27.4 Å². The fraction of sp³-hybridized carbons (Fsp3) is 0.353. The standard InChI is InChI=1S/C17H21N5OS/c1-10(2)15(16-20-11-5-3-4-6-12(11)21-16)22-17(23)13-9-24-14(19-13)7-8-18/h3-6,9-10,15H,7-8,18H2,1-2H3,(H,20,21)(H,22,23). The number of imidazole rings is 1. The number of aromatic amines is 1. The Labute approximate surface area is 144 Å². The van der Waals surface area contributed by atoms with Crippen LogP contribution in [0.2, 0.25) is 0 Å². The number of hydrogen-bond donors (Lipinski definition) is 3. The average molecular weight is 343 g/mol. The number of carbonyl (C=O) groups is 1. The molecule has 1 atom stereocenters. The number of aromatic nitrogens is 3. The molecular formula is C17H21N5OS. The van der Waals surface area contributed by atoms with Crippen molar-refractivity contribution in [3.8, 4) is 0 Å². The molecule has 0 saturated heterocycles. The number of nitrogens with two attached hydrogens (primary N) is 1. The lowest BCUT2D eigenvalue weighted by molar-refractivity contribution is 0.0919.